The minimum absolute atomic E-state index is 0.0106. The van der Waals surface area contributed by atoms with E-state index in [-0.39, 0.29) is 37.4 Å². The number of nitrogens with zero attached hydrogens (tertiary/aromatic N) is 2. The van der Waals surface area contributed by atoms with Crippen molar-refractivity contribution in [1.29, 1.82) is 0 Å². The number of fused-ring (bicyclic) bond motifs is 3. The Morgan fingerprint density at radius 3 is 2.55 bits per heavy atom. The van der Waals surface area contributed by atoms with E-state index in [9.17, 15) is 19.2 Å². The van der Waals surface area contributed by atoms with Crippen molar-refractivity contribution in [2.75, 3.05) is 41.9 Å². The minimum Gasteiger partial charge on any atom is -0.493 e. The smallest absolute Gasteiger partial charge is 0.416 e. The molecule has 0 bridgehead atoms. The Labute approximate surface area is 330 Å². The fraction of sp³-hybridized carbons (Fsp3) is 0.395. The van der Waals surface area contributed by atoms with E-state index in [2.05, 4.69) is 30.2 Å². The molecule has 0 saturated carbocycles. The number of carbonyl (C=O) groups is 4. The summed E-state index contributed by atoms with van der Waals surface area (Å²) in [6, 6.07) is 17.8. The van der Waals surface area contributed by atoms with Crippen molar-refractivity contribution in [2.24, 2.45) is 0 Å². The third-order valence-corrected chi connectivity index (χ3v) is 11.3. The summed E-state index contributed by atoms with van der Waals surface area (Å²) in [5.74, 6) is -0.136. The van der Waals surface area contributed by atoms with Gasteiger partial charge in [0.1, 0.15) is 12.4 Å². The number of thiophene rings is 1. The summed E-state index contributed by atoms with van der Waals surface area (Å²) in [4.78, 5) is 58.3. The Bertz CT molecular complexity index is 2090. The molecule has 294 valence electrons. The van der Waals surface area contributed by atoms with E-state index < -0.39 is 24.7 Å². The van der Waals surface area contributed by atoms with Crippen molar-refractivity contribution < 1.29 is 38.1 Å². The third kappa shape index (κ3) is 8.90. The molecule has 2 unspecified atom stereocenters. The molecular weight excluding hydrogens is 733 g/mol. The Morgan fingerprint density at radius 1 is 0.964 bits per heavy atom. The van der Waals surface area contributed by atoms with E-state index in [4.69, 9.17) is 18.9 Å². The summed E-state index contributed by atoms with van der Waals surface area (Å²) in [7, 11) is 0. The molecule has 2 fully saturated rings. The van der Waals surface area contributed by atoms with Gasteiger partial charge in [-0.15, -0.1) is 11.3 Å². The SMILES string of the molecule is C=CCOC(=O)N1c2cc(OCCCC(=O)Nc3ccc(C(=O)Nc4ccc5sc(C)cc5c4)cc3)c(C)cc2C(=O)N2CCCC[C@H]2C1OC1CCCCO1. The molecule has 3 aromatic carbocycles. The summed E-state index contributed by atoms with van der Waals surface area (Å²) >= 11 is 1.71. The van der Waals surface area contributed by atoms with E-state index >= 15 is 0 Å². The average Bonchev–Trinajstić information content (AvgIpc) is 3.54. The van der Waals surface area contributed by atoms with E-state index in [0.717, 1.165) is 42.3 Å². The normalized spacial score (nSPS) is 19.4. The van der Waals surface area contributed by atoms with Gasteiger partial charge in [0.15, 0.2) is 12.5 Å². The van der Waals surface area contributed by atoms with Crippen LogP contribution >= 0.6 is 11.3 Å². The largest absolute Gasteiger partial charge is 0.493 e. The fourth-order valence-electron chi connectivity index (χ4n) is 7.50. The standard InChI is InChI=1S/C43H48N4O8S/c1-4-20-54-43(51)47-35-26-36(27(2)23-33(35)41(50)46-19-7-5-10-34(46)42(47)55-39-12-6-8-21-53-39)52-22-9-11-38(48)44-31-15-13-29(14-16-31)40(49)45-32-17-18-37-30(25-32)24-28(3)56-37/h4,13-18,23-26,34,39,42H,1,5-12,19-22H2,2-3H3,(H,44,48)(H,45,49)/t34-,39?,42?/m0/s1. The second-order valence-electron chi connectivity index (χ2n) is 14.4. The lowest BCUT2D eigenvalue weighted by molar-refractivity contribution is -0.198. The van der Waals surface area contributed by atoms with Crippen molar-refractivity contribution >= 4 is 62.3 Å². The molecule has 0 radical (unpaired) electrons. The lowest BCUT2D eigenvalue weighted by atomic mass is 10.00. The molecule has 0 spiro atoms. The molecule has 3 aliphatic heterocycles. The first-order valence-corrected chi connectivity index (χ1v) is 20.1. The highest BCUT2D eigenvalue weighted by Crippen LogP contribution is 2.40. The summed E-state index contributed by atoms with van der Waals surface area (Å²) in [6.07, 6.45) is 5.06. The zero-order chi connectivity index (χ0) is 39.2. The van der Waals surface area contributed by atoms with Crippen molar-refractivity contribution in [3.05, 3.63) is 94.9 Å². The van der Waals surface area contributed by atoms with Crippen LogP contribution in [0.3, 0.4) is 0 Å². The monoisotopic (exact) mass is 780 g/mol. The van der Waals surface area contributed by atoms with Crippen molar-refractivity contribution in [3.8, 4) is 5.75 Å². The number of hydrogen-bond acceptors (Lipinski definition) is 9. The van der Waals surface area contributed by atoms with Crippen LogP contribution in [0.4, 0.5) is 21.9 Å². The number of aryl methyl sites for hydroxylation is 2. The molecule has 4 heterocycles. The number of ether oxygens (including phenoxy) is 4. The van der Waals surface area contributed by atoms with Crippen LogP contribution in [-0.2, 0) is 19.0 Å². The van der Waals surface area contributed by atoms with Crippen LogP contribution in [0, 0.1) is 13.8 Å². The van der Waals surface area contributed by atoms with Gasteiger partial charge in [0.2, 0.25) is 5.91 Å². The van der Waals surface area contributed by atoms with Crippen molar-refractivity contribution in [2.45, 2.75) is 83.8 Å². The van der Waals surface area contributed by atoms with Crippen LogP contribution in [0.25, 0.3) is 10.1 Å². The molecule has 2 N–H and O–H groups in total. The molecule has 4 amide bonds. The van der Waals surface area contributed by atoms with Crippen molar-refractivity contribution in [3.63, 3.8) is 0 Å². The first-order valence-electron chi connectivity index (χ1n) is 19.3. The number of rotatable bonds is 12. The lowest BCUT2D eigenvalue weighted by Gasteiger charge is -2.42. The quantitative estimate of drug-likeness (QED) is 0.108. The van der Waals surface area contributed by atoms with Crippen LogP contribution in [0.2, 0.25) is 0 Å². The van der Waals surface area contributed by atoms with Crippen LogP contribution < -0.4 is 20.3 Å². The van der Waals surface area contributed by atoms with Crippen LogP contribution in [0.5, 0.6) is 5.75 Å². The zero-order valence-corrected chi connectivity index (χ0v) is 32.7. The van der Waals surface area contributed by atoms with E-state index in [0.29, 0.717) is 60.7 Å². The molecule has 2 saturated heterocycles. The van der Waals surface area contributed by atoms with Gasteiger partial charge >= 0.3 is 6.09 Å². The predicted molar refractivity (Wildman–Crippen MR) is 217 cm³/mol. The highest BCUT2D eigenvalue weighted by atomic mass is 32.1. The number of carbonyl (C=O) groups excluding carboxylic acids is 4. The minimum atomic E-state index is -0.839. The number of benzene rings is 3. The van der Waals surface area contributed by atoms with Gasteiger partial charge in [-0.2, -0.15) is 0 Å². The number of amides is 4. The number of anilines is 3. The van der Waals surface area contributed by atoms with Gasteiger partial charge in [0.25, 0.3) is 11.8 Å². The van der Waals surface area contributed by atoms with Gasteiger partial charge in [-0.1, -0.05) is 12.7 Å². The maximum Gasteiger partial charge on any atom is 0.416 e. The summed E-state index contributed by atoms with van der Waals surface area (Å²) < 4.78 is 25.5. The van der Waals surface area contributed by atoms with Gasteiger partial charge in [0, 0.05) is 52.2 Å². The van der Waals surface area contributed by atoms with Crippen LogP contribution in [0.1, 0.15) is 82.5 Å². The van der Waals surface area contributed by atoms with Crippen molar-refractivity contribution in [1.82, 2.24) is 4.90 Å². The van der Waals surface area contributed by atoms with Gasteiger partial charge in [-0.05, 0) is 124 Å². The topological polar surface area (TPSA) is 136 Å². The Hall–Kier alpha value is -5.24. The molecule has 13 heteroatoms. The maximum atomic E-state index is 14.1. The van der Waals surface area contributed by atoms with Crippen LogP contribution in [0.15, 0.2) is 73.3 Å². The zero-order valence-electron chi connectivity index (χ0n) is 31.8. The molecule has 3 aliphatic rings. The van der Waals surface area contributed by atoms with Gasteiger partial charge < -0.3 is 34.5 Å². The summed E-state index contributed by atoms with van der Waals surface area (Å²) in [5, 5.41) is 6.92. The van der Waals surface area contributed by atoms with E-state index in [1.54, 1.807) is 47.7 Å². The van der Waals surface area contributed by atoms with E-state index in [1.165, 1.54) is 20.6 Å². The van der Waals surface area contributed by atoms with Gasteiger partial charge in [-0.3, -0.25) is 14.4 Å². The number of nitrogens with one attached hydrogen (secondary N) is 2. The van der Waals surface area contributed by atoms with E-state index in [1.807, 2.05) is 30.0 Å². The molecule has 3 atom stereocenters. The first-order chi connectivity index (χ1) is 27.2. The second-order valence-corrected chi connectivity index (χ2v) is 15.7. The fourth-order valence-corrected chi connectivity index (χ4v) is 8.41. The van der Waals surface area contributed by atoms with Gasteiger partial charge in [0.05, 0.1) is 23.9 Å². The predicted octanol–water partition coefficient (Wildman–Crippen LogP) is 8.57. The second kappa shape index (κ2) is 17.7. The summed E-state index contributed by atoms with van der Waals surface area (Å²) in [6.45, 7) is 8.92. The number of hydrogen-bond donors (Lipinski definition) is 2. The molecule has 1 aromatic heterocycles. The Kier molecular flexibility index (Phi) is 12.3. The highest BCUT2D eigenvalue weighted by Gasteiger charge is 2.46. The molecule has 12 nitrogen and oxygen atoms in total. The Balaban J connectivity index is 0.994. The summed E-state index contributed by atoms with van der Waals surface area (Å²) in [5.41, 5.74) is 3.19. The van der Waals surface area contributed by atoms with Crippen LogP contribution in [-0.4, -0.2) is 73.6 Å². The highest BCUT2D eigenvalue weighted by molar-refractivity contribution is 7.19. The molecule has 56 heavy (non-hydrogen) atoms. The molecule has 4 aromatic rings. The third-order valence-electron chi connectivity index (χ3n) is 10.3. The first kappa shape index (κ1) is 39.0. The molecular formula is C43H48N4O8S. The molecule has 0 aliphatic carbocycles. The Morgan fingerprint density at radius 2 is 1.77 bits per heavy atom. The lowest BCUT2D eigenvalue weighted by Crippen LogP contribution is -2.57. The average molecular weight is 781 g/mol. The van der Waals surface area contributed by atoms with Gasteiger partial charge in [-0.25, -0.2) is 9.69 Å². The molecule has 7 rings (SSSR count). The number of piperidine rings is 1. The maximum absolute atomic E-state index is 14.1.